The molecule has 1 unspecified atom stereocenters. The molecular weight excluding hydrogens is 414 g/mol. The first-order chi connectivity index (χ1) is 14.8. The highest BCUT2D eigenvalue weighted by Crippen LogP contribution is 2.26. The van der Waals surface area contributed by atoms with Gasteiger partial charge in [-0.3, -0.25) is 9.59 Å². The number of benzene rings is 2. The molecule has 1 fully saturated rings. The lowest BCUT2D eigenvalue weighted by atomic mass is 10.1. The number of hydrogen-bond donors (Lipinski definition) is 2. The van der Waals surface area contributed by atoms with E-state index < -0.39 is 16.1 Å². The van der Waals surface area contributed by atoms with E-state index in [0.717, 1.165) is 5.56 Å². The summed E-state index contributed by atoms with van der Waals surface area (Å²) in [6.45, 7) is 4.54. The number of carbonyl (C=O) groups excluding carboxylic acids is 2. The van der Waals surface area contributed by atoms with Crippen LogP contribution in [0.1, 0.15) is 38.7 Å². The van der Waals surface area contributed by atoms with Gasteiger partial charge in [-0.05, 0) is 48.6 Å². The summed E-state index contributed by atoms with van der Waals surface area (Å²) in [7, 11) is -3.72. The largest absolute Gasteiger partial charge is 0.351 e. The predicted molar refractivity (Wildman–Crippen MR) is 120 cm³/mol. The minimum Gasteiger partial charge on any atom is -0.351 e. The zero-order chi connectivity index (χ0) is 22.4. The van der Waals surface area contributed by atoms with E-state index in [-0.39, 0.29) is 29.2 Å². The van der Waals surface area contributed by atoms with Crippen LogP contribution < -0.4 is 10.6 Å². The van der Waals surface area contributed by atoms with Crippen molar-refractivity contribution in [2.24, 2.45) is 5.92 Å². The van der Waals surface area contributed by atoms with Crippen LogP contribution >= 0.6 is 0 Å². The Kier molecular flexibility index (Phi) is 7.46. The summed E-state index contributed by atoms with van der Waals surface area (Å²) in [5.41, 5.74) is 1.50. The average Bonchev–Trinajstić information content (AvgIpc) is 3.23. The first-order valence-corrected chi connectivity index (χ1v) is 11.9. The molecular formula is C23H29N3O4S. The summed E-state index contributed by atoms with van der Waals surface area (Å²) in [5, 5.41) is 5.71. The van der Waals surface area contributed by atoms with Crippen LogP contribution in [0.3, 0.4) is 0 Å². The van der Waals surface area contributed by atoms with Crippen molar-refractivity contribution in [3.8, 4) is 0 Å². The monoisotopic (exact) mass is 443 g/mol. The van der Waals surface area contributed by atoms with Gasteiger partial charge < -0.3 is 10.6 Å². The van der Waals surface area contributed by atoms with Gasteiger partial charge >= 0.3 is 0 Å². The molecule has 2 amide bonds. The molecule has 2 N–H and O–H groups in total. The standard InChI is InChI=1S/C23H29N3O4S/c1-17(2)14-22(27)25-19-9-6-8-18(15-19)16-24-23(28)21-12-7-13-26(21)31(29,30)20-10-4-3-5-11-20/h3-6,8-11,15,17,21H,7,12-14,16H2,1-2H3,(H,24,28)(H,25,27). The van der Waals surface area contributed by atoms with E-state index in [1.165, 1.54) is 4.31 Å². The lowest BCUT2D eigenvalue weighted by molar-refractivity contribution is -0.124. The smallest absolute Gasteiger partial charge is 0.243 e. The van der Waals surface area contributed by atoms with Crippen molar-refractivity contribution in [3.63, 3.8) is 0 Å². The summed E-state index contributed by atoms with van der Waals surface area (Å²) in [4.78, 5) is 25.0. The Morgan fingerprint density at radius 3 is 2.55 bits per heavy atom. The summed E-state index contributed by atoms with van der Waals surface area (Å²) < 4.78 is 27.2. The number of nitrogens with one attached hydrogen (secondary N) is 2. The number of sulfonamides is 1. The predicted octanol–water partition coefficient (Wildman–Crippen LogP) is 3.14. The number of carbonyl (C=O) groups is 2. The van der Waals surface area contributed by atoms with Gasteiger partial charge in [-0.15, -0.1) is 0 Å². The quantitative estimate of drug-likeness (QED) is 0.655. The zero-order valence-electron chi connectivity index (χ0n) is 17.9. The summed E-state index contributed by atoms with van der Waals surface area (Å²) in [6, 6.07) is 14.7. The van der Waals surface area contributed by atoms with E-state index >= 15 is 0 Å². The lowest BCUT2D eigenvalue weighted by Gasteiger charge is -2.23. The second-order valence-electron chi connectivity index (χ2n) is 8.15. The molecule has 0 aromatic heterocycles. The topological polar surface area (TPSA) is 95.6 Å². The van der Waals surface area contributed by atoms with Gasteiger partial charge in [-0.1, -0.05) is 44.2 Å². The van der Waals surface area contributed by atoms with Crippen LogP contribution in [0.15, 0.2) is 59.5 Å². The summed E-state index contributed by atoms with van der Waals surface area (Å²) >= 11 is 0. The van der Waals surface area contributed by atoms with Crippen LogP contribution in [0, 0.1) is 5.92 Å². The maximum Gasteiger partial charge on any atom is 0.243 e. The fourth-order valence-electron chi connectivity index (χ4n) is 3.67. The maximum atomic E-state index is 13.0. The second kappa shape index (κ2) is 10.1. The summed E-state index contributed by atoms with van der Waals surface area (Å²) in [6.07, 6.45) is 1.57. The fourth-order valence-corrected chi connectivity index (χ4v) is 5.34. The Morgan fingerprint density at radius 2 is 1.84 bits per heavy atom. The number of anilines is 1. The van der Waals surface area contributed by atoms with E-state index in [1.807, 2.05) is 32.0 Å². The Bertz CT molecular complexity index is 1020. The maximum absolute atomic E-state index is 13.0. The molecule has 31 heavy (non-hydrogen) atoms. The molecule has 0 bridgehead atoms. The van der Waals surface area contributed by atoms with Crippen LogP contribution in [0.5, 0.6) is 0 Å². The third kappa shape index (κ3) is 5.92. The van der Waals surface area contributed by atoms with Gasteiger partial charge in [0, 0.05) is 25.2 Å². The van der Waals surface area contributed by atoms with Crippen LogP contribution in [0.25, 0.3) is 0 Å². The third-order valence-electron chi connectivity index (χ3n) is 5.13. The normalized spacial score (nSPS) is 16.9. The van der Waals surface area contributed by atoms with Gasteiger partial charge in [0.05, 0.1) is 4.90 Å². The molecule has 1 aliphatic heterocycles. The Balaban J connectivity index is 1.63. The molecule has 7 nitrogen and oxygen atoms in total. The van der Waals surface area contributed by atoms with Gasteiger partial charge in [0.25, 0.3) is 0 Å². The second-order valence-corrected chi connectivity index (χ2v) is 10.0. The minimum absolute atomic E-state index is 0.0519. The molecule has 1 atom stereocenters. The highest BCUT2D eigenvalue weighted by Gasteiger charge is 2.39. The lowest BCUT2D eigenvalue weighted by Crippen LogP contribution is -2.45. The number of hydrogen-bond acceptors (Lipinski definition) is 4. The van der Waals surface area contributed by atoms with E-state index in [4.69, 9.17) is 0 Å². The molecule has 0 spiro atoms. The van der Waals surface area contributed by atoms with Gasteiger partial charge in [0.15, 0.2) is 0 Å². The highest BCUT2D eigenvalue weighted by molar-refractivity contribution is 7.89. The van der Waals surface area contributed by atoms with Crippen molar-refractivity contribution in [2.45, 2.75) is 50.6 Å². The van der Waals surface area contributed by atoms with E-state index in [2.05, 4.69) is 10.6 Å². The van der Waals surface area contributed by atoms with Crippen molar-refractivity contribution in [1.82, 2.24) is 9.62 Å². The van der Waals surface area contributed by atoms with Gasteiger partial charge in [0.1, 0.15) is 6.04 Å². The van der Waals surface area contributed by atoms with Gasteiger partial charge in [-0.25, -0.2) is 8.42 Å². The molecule has 1 heterocycles. The molecule has 0 saturated carbocycles. The molecule has 2 aromatic carbocycles. The number of rotatable bonds is 8. The van der Waals surface area contributed by atoms with Crippen LogP contribution in [-0.2, 0) is 26.2 Å². The van der Waals surface area contributed by atoms with E-state index in [0.29, 0.717) is 31.5 Å². The van der Waals surface area contributed by atoms with Gasteiger partial charge in [0.2, 0.25) is 21.8 Å². The number of nitrogens with zero attached hydrogens (tertiary/aromatic N) is 1. The summed E-state index contributed by atoms with van der Waals surface area (Å²) in [5.74, 6) is -0.0980. The van der Waals surface area contributed by atoms with Crippen molar-refractivity contribution in [1.29, 1.82) is 0 Å². The zero-order valence-corrected chi connectivity index (χ0v) is 18.7. The van der Waals surface area contributed by atoms with Gasteiger partial charge in [-0.2, -0.15) is 4.31 Å². The average molecular weight is 444 g/mol. The Labute approximate surface area is 183 Å². The van der Waals surface area contributed by atoms with Crippen molar-refractivity contribution >= 4 is 27.5 Å². The molecule has 3 rings (SSSR count). The van der Waals surface area contributed by atoms with E-state index in [9.17, 15) is 18.0 Å². The van der Waals surface area contributed by atoms with E-state index in [1.54, 1.807) is 36.4 Å². The van der Waals surface area contributed by atoms with Crippen molar-refractivity contribution in [3.05, 3.63) is 60.2 Å². The van der Waals surface area contributed by atoms with Crippen molar-refractivity contribution < 1.29 is 18.0 Å². The Morgan fingerprint density at radius 1 is 1.10 bits per heavy atom. The minimum atomic E-state index is -3.72. The molecule has 166 valence electrons. The SMILES string of the molecule is CC(C)CC(=O)Nc1cccc(CNC(=O)C2CCCN2S(=O)(=O)c2ccccc2)c1. The molecule has 8 heteroatoms. The fraction of sp³-hybridized carbons (Fsp3) is 0.391. The van der Waals surface area contributed by atoms with Crippen LogP contribution in [0.4, 0.5) is 5.69 Å². The first kappa shape index (κ1) is 23.0. The van der Waals surface area contributed by atoms with Crippen LogP contribution in [-0.4, -0.2) is 37.1 Å². The number of amides is 2. The highest BCUT2D eigenvalue weighted by atomic mass is 32.2. The Hall–Kier alpha value is -2.71. The first-order valence-electron chi connectivity index (χ1n) is 10.5. The third-order valence-corrected chi connectivity index (χ3v) is 7.05. The molecule has 2 aromatic rings. The van der Waals surface area contributed by atoms with Crippen LogP contribution in [0.2, 0.25) is 0 Å². The molecule has 1 aliphatic rings. The molecule has 0 radical (unpaired) electrons. The molecule has 1 saturated heterocycles. The van der Waals surface area contributed by atoms with Crippen molar-refractivity contribution in [2.75, 3.05) is 11.9 Å². The molecule has 0 aliphatic carbocycles.